The SMILES string of the molecule is CN.Cc1nc(C)c(C(=O)NCc2ccccc2)c(C)c1C. The third-order valence-electron chi connectivity index (χ3n) is 3.70. The highest BCUT2D eigenvalue weighted by Crippen LogP contribution is 2.18. The van der Waals surface area contributed by atoms with Gasteiger partial charge >= 0.3 is 0 Å². The van der Waals surface area contributed by atoms with Gasteiger partial charge in [0.1, 0.15) is 0 Å². The molecule has 1 aromatic heterocycles. The average Bonchev–Trinajstić information content (AvgIpc) is 2.54. The number of carbonyl (C=O) groups is 1. The maximum atomic E-state index is 12.4. The number of amides is 1. The minimum atomic E-state index is -0.0561. The number of hydrogen-bond acceptors (Lipinski definition) is 3. The van der Waals surface area contributed by atoms with Crippen LogP contribution < -0.4 is 11.1 Å². The number of hydrogen-bond donors (Lipinski definition) is 2. The van der Waals surface area contributed by atoms with Crippen molar-refractivity contribution >= 4 is 5.91 Å². The van der Waals surface area contributed by atoms with Crippen LogP contribution in [0.5, 0.6) is 0 Å². The molecule has 0 radical (unpaired) electrons. The van der Waals surface area contributed by atoms with Gasteiger partial charge in [-0.2, -0.15) is 0 Å². The predicted octanol–water partition coefficient (Wildman–Crippen LogP) is 2.82. The first kappa shape index (κ1) is 17.9. The van der Waals surface area contributed by atoms with Crippen LogP contribution in [-0.2, 0) is 6.54 Å². The molecule has 0 unspecified atom stereocenters. The molecule has 0 bridgehead atoms. The van der Waals surface area contributed by atoms with Crippen molar-refractivity contribution in [3.63, 3.8) is 0 Å². The smallest absolute Gasteiger partial charge is 0.253 e. The lowest BCUT2D eigenvalue weighted by Gasteiger charge is -2.14. The molecule has 1 heterocycles. The van der Waals surface area contributed by atoms with E-state index in [1.165, 1.54) is 7.05 Å². The van der Waals surface area contributed by atoms with Gasteiger partial charge < -0.3 is 11.1 Å². The number of rotatable bonds is 3. The Balaban J connectivity index is 0.00000116. The quantitative estimate of drug-likeness (QED) is 0.915. The molecule has 4 heteroatoms. The first-order valence-corrected chi connectivity index (χ1v) is 7.35. The third kappa shape index (κ3) is 4.15. The summed E-state index contributed by atoms with van der Waals surface area (Å²) in [5.74, 6) is -0.0561. The second-order valence-electron chi connectivity index (χ2n) is 5.08. The van der Waals surface area contributed by atoms with Gasteiger partial charge in [-0.05, 0) is 51.4 Å². The maximum absolute atomic E-state index is 12.4. The Kier molecular flexibility index (Phi) is 6.73. The zero-order chi connectivity index (χ0) is 16.7. The molecule has 22 heavy (non-hydrogen) atoms. The lowest BCUT2D eigenvalue weighted by Crippen LogP contribution is -2.25. The number of benzene rings is 1. The number of aromatic nitrogens is 1. The number of carbonyl (C=O) groups excluding carboxylic acids is 1. The van der Waals surface area contributed by atoms with Crippen LogP contribution in [0.15, 0.2) is 30.3 Å². The fraction of sp³-hybridized carbons (Fsp3) is 0.333. The van der Waals surface area contributed by atoms with Crippen LogP contribution in [-0.4, -0.2) is 17.9 Å². The van der Waals surface area contributed by atoms with Crippen molar-refractivity contribution in [1.82, 2.24) is 10.3 Å². The summed E-state index contributed by atoms with van der Waals surface area (Å²) < 4.78 is 0. The molecule has 1 aromatic carbocycles. The van der Waals surface area contributed by atoms with Crippen molar-refractivity contribution in [3.8, 4) is 0 Å². The summed E-state index contributed by atoms with van der Waals surface area (Å²) in [6, 6.07) is 9.90. The molecule has 4 nitrogen and oxygen atoms in total. The summed E-state index contributed by atoms with van der Waals surface area (Å²) >= 11 is 0. The van der Waals surface area contributed by atoms with Gasteiger partial charge in [-0.1, -0.05) is 30.3 Å². The zero-order valence-electron chi connectivity index (χ0n) is 14.0. The maximum Gasteiger partial charge on any atom is 0.253 e. The number of aryl methyl sites for hydroxylation is 2. The van der Waals surface area contributed by atoms with Crippen LogP contribution in [0.25, 0.3) is 0 Å². The number of nitrogens with zero attached hydrogens (tertiary/aromatic N) is 1. The summed E-state index contributed by atoms with van der Waals surface area (Å²) in [7, 11) is 1.50. The number of nitrogens with one attached hydrogen (secondary N) is 1. The van der Waals surface area contributed by atoms with Gasteiger partial charge in [0.05, 0.1) is 11.3 Å². The molecule has 2 rings (SSSR count). The highest BCUT2D eigenvalue weighted by molar-refractivity contribution is 5.97. The molecule has 0 saturated carbocycles. The van der Waals surface area contributed by atoms with Crippen LogP contribution >= 0.6 is 0 Å². The summed E-state index contributed by atoms with van der Waals surface area (Å²) in [5, 5.41) is 2.96. The van der Waals surface area contributed by atoms with Crippen LogP contribution in [0.3, 0.4) is 0 Å². The van der Waals surface area contributed by atoms with Gasteiger partial charge in [-0.15, -0.1) is 0 Å². The highest BCUT2D eigenvalue weighted by atomic mass is 16.1. The van der Waals surface area contributed by atoms with E-state index in [1.54, 1.807) is 0 Å². The zero-order valence-corrected chi connectivity index (χ0v) is 14.0. The van der Waals surface area contributed by atoms with Crippen molar-refractivity contribution in [2.24, 2.45) is 5.73 Å². The molecule has 3 N–H and O–H groups in total. The molecule has 1 amide bonds. The van der Waals surface area contributed by atoms with Gasteiger partial charge in [-0.25, -0.2) is 0 Å². The van der Waals surface area contributed by atoms with Gasteiger partial charge in [-0.3, -0.25) is 9.78 Å². The summed E-state index contributed by atoms with van der Waals surface area (Å²) in [6.07, 6.45) is 0. The molecule has 0 spiro atoms. The monoisotopic (exact) mass is 299 g/mol. The Morgan fingerprint density at radius 3 is 2.18 bits per heavy atom. The Hall–Kier alpha value is -2.20. The molecule has 0 aliphatic carbocycles. The van der Waals surface area contributed by atoms with E-state index in [9.17, 15) is 4.79 Å². The van der Waals surface area contributed by atoms with Gasteiger partial charge in [0, 0.05) is 12.2 Å². The summed E-state index contributed by atoms with van der Waals surface area (Å²) in [4.78, 5) is 16.8. The Morgan fingerprint density at radius 2 is 1.59 bits per heavy atom. The van der Waals surface area contributed by atoms with E-state index in [2.05, 4.69) is 16.0 Å². The van der Waals surface area contributed by atoms with E-state index in [0.717, 1.165) is 28.1 Å². The minimum Gasteiger partial charge on any atom is -0.348 e. The van der Waals surface area contributed by atoms with Crippen LogP contribution in [0.4, 0.5) is 0 Å². The Morgan fingerprint density at radius 1 is 1.00 bits per heavy atom. The topological polar surface area (TPSA) is 68.0 Å². The normalized spacial score (nSPS) is 9.73. The van der Waals surface area contributed by atoms with Crippen molar-refractivity contribution in [3.05, 3.63) is 64.0 Å². The molecule has 2 aromatic rings. The van der Waals surface area contributed by atoms with Gasteiger partial charge in [0.25, 0.3) is 5.91 Å². The standard InChI is InChI=1S/C17H20N2O.CH5N/c1-11-12(2)16(14(4)19-13(11)3)17(20)18-10-15-8-6-5-7-9-15;1-2/h5-9H,10H2,1-4H3,(H,18,20);2H2,1H3. The third-order valence-corrected chi connectivity index (χ3v) is 3.70. The Bertz CT molecular complexity index is 637. The molecule has 0 fully saturated rings. The summed E-state index contributed by atoms with van der Waals surface area (Å²) in [6.45, 7) is 8.38. The molecule has 118 valence electrons. The number of pyridine rings is 1. The van der Waals surface area contributed by atoms with Crippen molar-refractivity contribution < 1.29 is 4.79 Å². The van der Waals surface area contributed by atoms with E-state index >= 15 is 0 Å². The Labute approximate surface area is 132 Å². The van der Waals surface area contributed by atoms with Gasteiger partial charge in [0.15, 0.2) is 0 Å². The fourth-order valence-corrected chi connectivity index (χ4v) is 2.32. The second kappa shape index (κ2) is 8.29. The second-order valence-corrected chi connectivity index (χ2v) is 5.08. The molecule has 0 saturated heterocycles. The lowest BCUT2D eigenvalue weighted by atomic mass is 10.0. The summed E-state index contributed by atoms with van der Waals surface area (Å²) in [5.41, 5.74) is 10.2. The minimum absolute atomic E-state index is 0.0561. The van der Waals surface area contributed by atoms with Crippen LogP contribution in [0, 0.1) is 27.7 Å². The predicted molar refractivity (Wildman–Crippen MR) is 90.9 cm³/mol. The first-order chi connectivity index (χ1) is 10.5. The van der Waals surface area contributed by atoms with Crippen LogP contribution in [0.1, 0.15) is 38.4 Å². The molecule has 0 aliphatic rings. The van der Waals surface area contributed by atoms with E-state index in [-0.39, 0.29) is 5.91 Å². The molecular formula is C18H25N3O. The van der Waals surface area contributed by atoms with E-state index in [0.29, 0.717) is 12.1 Å². The molecular weight excluding hydrogens is 274 g/mol. The van der Waals surface area contributed by atoms with Crippen LogP contribution in [0.2, 0.25) is 0 Å². The number of nitrogens with two attached hydrogens (primary N) is 1. The van der Waals surface area contributed by atoms with Crippen molar-refractivity contribution in [2.45, 2.75) is 34.2 Å². The van der Waals surface area contributed by atoms with E-state index < -0.39 is 0 Å². The lowest BCUT2D eigenvalue weighted by molar-refractivity contribution is 0.0949. The van der Waals surface area contributed by atoms with E-state index in [1.807, 2.05) is 58.0 Å². The largest absolute Gasteiger partial charge is 0.348 e. The van der Waals surface area contributed by atoms with E-state index in [4.69, 9.17) is 0 Å². The fourth-order valence-electron chi connectivity index (χ4n) is 2.32. The molecule has 0 atom stereocenters. The van der Waals surface area contributed by atoms with Gasteiger partial charge in [0.2, 0.25) is 0 Å². The highest BCUT2D eigenvalue weighted by Gasteiger charge is 2.16. The average molecular weight is 299 g/mol. The van der Waals surface area contributed by atoms with Crippen molar-refractivity contribution in [2.75, 3.05) is 7.05 Å². The first-order valence-electron chi connectivity index (χ1n) is 7.35. The van der Waals surface area contributed by atoms with Crippen molar-refractivity contribution in [1.29, 1.82) is 0 Å². The molecule has 0 aliphatic heterocycles.